The molecule has 1 aliphatic heterocycles. The van der Waals surface area contributed by atoms with Gasteiger partial charge >= 0.3 is 5.97 Å². The van der Waals surface area contributed by atoms with Gasteiger partial charge < -0.3 is 14.2 Å². The Balaban J connectivity index is 2.50. The van der Waals surface area contributed by atoms with Crippen LogP contribution in [0.15, 0.2) is 0 Å². The average Bonchev–Trinajstić information content (AvgIpc) is 2.06. The molecule has 0 radical (unpaired) electrons. The summed E-state index contributed by atoms with van der Waals surface area (Å²) in [6.45, 7) is 4.62. The van der Waals surface area contributed by atoms with Gasteiger partial charge in [-0.05, 0) is 13.8 Å². The molecule has 0 bridgehead atoms. The average molecular weight is 174 g/mol. The zero-order valence-electron chi connectivity index (χ0n) is 7.46. The number of esters is 1. The fourth-order valence-electron chi connectivity index (χ4n) is 1.01. The summed E-state index contributed by atoms with van der Waals surface area (Å²) in [4.78, 5) is 11.3. The SMILES string of the molecule is CCOC(=O)C1(C)CCOCO1. The number of ether oxygens (including phenoxy) is 3. The number of rotatable bonds is 2. The van der Waals surface area contributed by atoms with Gasteiger partial charge in [-0.25, -0.2) is 4.79 Å². The fraction of sp³-hybridized carbons (Fsp3) is 0.875. The quantitative estimate of drug-likeness (QED) is 0.578. The van der Waals surface area contributed by atoms with Crippen LogP contribution in [0.5, 0.6) is 0 Å². The lowest BCUT2D eigenvalue weighted by Gasteiger charge is -2.30. The van der Waals surface area contributed by atoms with Crippen LogP contribution in [0.4, 0.5) is 0 Å². The zero-order chi connectivity index (χ0) is 9.03. The minimum absolute atomic E-state index is 0.176. The first-order valence-electron chi connectivity index (χ1n) is 4.08. The van der Waals surface area contributed by atoms with Gasteiger partial charge in [0.15, 0.2) is 5.60 Å². The van der Waals surface area contributed by atoms with Gasteiger partial charge in [0.05, 0.1) is 13.2 Å². The summed E-state index contributed by atoms with van der Waals surface area (Å²) in [6, 6.07) is 0. The first-order chi connectivity index (χ1) is 5.69. The number of carbonyl (C=O) groups excluding carboxylic acids is 1. The molecule has 0 amide bonds. The molecule has 0 saturated carbocycles. The van der Waals surface area contributed by atoms with Crippen LogP contribution in [0.1, 0.15) is 20.3 Å². The van der Waals surface area contributed by atoms with Crippen molar-refractivity contribution in [2.45, 2.75) is 25.9 Å². The van der Waals surface area contributed by atoms with Crippen molar-refractivity contribution in [3.05, 3.63) is 0 Å². The Morgan fingerprint density at radius 2 is 2.42 bits per heavy atom. The van der Waals surface area contributed by atoms with Crippen LogP contribution in [-0.4, -0.2) is 31.6 Å². The summed E-state index contributed by atoms with van der Waals surface area (Å²) in [5.41, 5.74) is -0.797. The van der Waals surface area contributed by atoms with Crippen molar-refractivity contribution in [3.63, 3.8) is 0 Å². The van der Waals surface area contributed by atoms with Crippen molar-refractivity contribution in [2.75, 3.05) is 20.0 Å². The molecule has 0 aromatic heterocycles. The van der Waals surface area contributed by atoms with Crippen LogP contribution >= 0.6 is 0 Å². The monoisotopic (exact) mass is 174 g/mol. The molecule has 0 N–H and O–H groups in total. The van der Waals surface area contributed by atoms with Crippen LogP contribution in [0.3, 0.4) is 0 Å². The highest BCUT2D eigenvalue weighted by molar-refractivity contribution is 5.79. The van der Waals surface area contributed by atoms with Crippen LogP contribution in [0.25, 0.3) is 0 Å². The van der Waals surface area contributed by atoms with Gasteiger partial charge in [-0.2, -0.15) is 0 Å². The zero-order valence-corrected chi connectivity index (χ0v) is 7.46. The Kier molecular flexibility index (Phi) is 3.05. The minimum atomic E-state index is -0.797. The van der Waals surface area contributed by atoms with Crippen LogP contribution in [0, 0.1) is 0 Å². The maximum absolute atomic E-state index is 11.3. The summed E-state index contributed by atoms with van der Waals surface area (Å²) in [5.74, 6) is -0.298. The van der Waals surface area contributed by atoms with Crippen molar-refractivity contribution in [2.24, 2.45) is 0 Å². The number of hydrogen-bond donors (Lipinski definition) is 0. The van der Waals surface area contributed by atoms with E-state index in [0.717, 1.165) is 0 Å². The van der Waals surface area contributed by atoms with E-state index >= 15 is 0 Å². The highest BCUT2D eigenvalue weighted by Crippen LogP contribution is 2.21. The molecule has 1 fully saturated rings. The van der Waals surface area contributed by atoms with Gasteiger partial charge in [0.1, 0.15) is 6.79 Å². The largest absolute Gasteiger partial charge is 0.464 e. The fourth-order valence-corrected chi connectivity index (χ4v) is 1.01. The van der Waals surface area contributed by atoms with Gasteiger partial charge in [0.25, 0.3) is 0 Å². The molecule has 12 heavy (non-hydrogen) atoms. The van der Waals surface area contributed by atoms with Gasteiger partial charge in [0.2, 0.25) is 0 Å². The lowest BCUT2D eigenvalue weighted by molar-refractivity contribution is -0.210. The Morgan fingerprint density at radius 1 is 1.67 bits per heavy atom. The highest BCUT2D eigenvalue weighted by Gasteiger charge is 2.37. The lowest BCUT2D eigenvalue weighted by Crippen LogP contribution is -2.44. The second kappa shape index (κ2) is 3.87. The third kappa shape index (κ3) is 1.95. The molecule has 1 unspecified atom stereocenters. The van der Waals surface area contributed by atoms with E-state index in [0.29, 0.717) is 19.6 Å². The van der Waals surface area contributed by atoms with E-state index in [-0.39, 0.29) is 12.8 Å². The van der Waals surface area contributed by atoms with E-state index < -0.39 is 5.60 Å². The molecule has 4 nitrogen and oxygen atoms in total. The van der Waals surface area contributed by atoms with Gasteiger partial charge in [-0.3, -0.25) is 0 Å². The van der Waals surface area contributed by atoms with Crippen molar-refractivity contribution >= 4 is 5.97 Å². The first-order valence-corrected chi connectivity index (χ1v) is 4.08. The van der Waals surface area contributed by atoms with E-state index in [1.807, 2.05) is 0 Å². The molecule has 0 aromatic carbocycles. The number of hydrogen-bond acceptors (Lipinski definition) is 4. The van der Waals surface area contributed by atoms with E-state index in [9.17, 15) is 4.79 Å². The Hall–Kier alpha value is -0.610. The molecule has 4 heteroatoms. The summed E-state index contributed by atoms with van der Waals surface area (Å²) in [6.07, 6.45) is 0.561. The Labute approximate surface area is 71.8 Å². The molecule has 0 spiro atoms. The molecule has 1 aliphatic rings. The van der Waals surface area contributed by atoms with Crippen LogP contribution in [0.2, 0.25) is 0 Å². The Morgan fingerprint density at radius 3 is 2.92 bits per heavy atom. The predicted molar refractivity (Wildman–Crippen MR) is 41.6 cm³/mol. The summed E-state index contributed by atoms with van der Waals surface area (Å²) >= 11 is 0. The van der Waals surface area contributed by atoms with Crippen LogP contribution < -0.4 is 0 Å². The van der Waals surface area contributed by atoms with Gasteiger partial charge in [-0.15, -0.1) is 0 Å². The van der Waals surface area contributed by atoms with Gasteiger partial charge in [-0.1, -0.05) is 0 Å². The number of carbonyl (C=O) groups is 1. The second-order valence-electron chi connectivity index (χ2n) is 2.87. The highest BCUT2D eigenvalue weighted by atomic mass is 16.7. The normalized spacial score (nSPS) is 29.8. The standard InChI is InChI=1S/C8H14O4/c1-3-11-7(9)8(2)4-5-10-6-12-8/h3-6H2,1-2H3. The molecule has 70 valence electrons. The summed E-state index contributed by atoms with van der Waals surface area (Å²) in [7, 11) is 0. The smallest absolute Gasteiger partial charge is 0.338 e. The molecule has 1 saturated heterocycles. The third-order valence-electron chi connectivity index (χ3n) is 1.89. The van der Waals surface area contributed by atoms with Crippen molar-refractivity contribution in [1.29, 1.82) is 0 Å². The van der Waals surface area contributed by atoms with E-state index in [2.05, 4.69) is 0 Å². The van der Waals surface area contributed by atoms with E-state index in [1.54, 1.807) is 13.8 Å². The molecule has 1 rings (SSSR count). The maximum Gasteiger partial charge on any atom is 0.338 e. The maximum atomic E-state index is 11.3. The lowest BCUT2D eigenvalue weighted by atomic mass is 10.0. The third-order valence-corrected chi connectivity index (χ3v) is 1.89. The first kappa shape index (κ1) is 9.48. The van der Waals surface area contributed by atoms with Crippen molar-refractivity contribution < 1.29 is 19.0 Å². The molecule has 0 aromatic rings. The van der Waals surface area contributed by atoms with Crippen LogP contribution in [-0.2, 0) is 19.0 Å². The Bertz CT molecular complexity index is 160. The van der Waals surface area contributed by atoms with Gasteiger partial charge in [0, 0.05) is 6.42 Å². The predicted octanol–water partition coefficient (Wildman–Crippen LogP) is 0.703. The minimum Gasteiger partial charge on any atom is -0.464 e. The van der Waals surface area contributed by atoms with Crippen molar-refractivity contribution in [3.8, 4) is 0 Å². The molecule has 0 aliphatic carbocycles. The topological polar surface area (TPSA) is 44.8 Å². The molecule has 1 atom stereocenters. The second-order valence-corrected chi connectivity index (χ2v) is 2.87. The summed E-state index contributed by atoms with van der Waals surface area (Å²) < 4.78 is 15.0. The van der Waals surface area contributed by atoms with E-state index in [4.69, 9.17) is 14.2 Å². The van der Waals surface area contributed by atoms with E-state index in [1.165, 1.54) is 0 Å². The molecular formula is C8H14O4. The molecular weight excluding hydrogens is 160 g/mol. The summed E-state index contributed by atoms with van der Waals surface area (Å²) in [5, 5.41) is 0. The molecule has 1 heterocycles. The van der Waals surface area contributed by atoms with Crippen molar-refractivity contribution in [1.82, 2.24) is 0 Å².